The molecule has 5 fully saturated rings. The molecule has 1 aromatic heterocycles. The molecule has 7 rings (SSSR count). The van der Waals surface area contributed by atoms with Gasteiger partial charge in [-0.15, -0.1) is 0 Å². The summed E-state index contributed by atoms with van der Waals surface area (Å²) < 4.78 is 7.15. The Balaban J connectivity index is 0.000000599. The van der Waals surface area contributed by atoms with Gasteiger partial charge in [-0.3, -0.25) is 9.48 Å². The zero-order chi connectivity index (χ0) is 30.5. The Morgan fingerprint density at radius 2 is 1.84 bits per heavy atom. The van der Waals surface area contributed by atoms with Gasteiger partial charge in [-0.2, -0.15) is 5.10 Å². The second-order valence-electron chi connectivity index (χ2n) is 13.5. The van der Waals surface area contributed by atoms with Crippen LogP contribution in [0.2, 0.25) is 5.02 Å². The highest BCUT2D eigenvalue weighted by Crippen LogP contribution is 2.56. The van der Waals surface area contributed by atoms with E-state index in [9.17, 15) is 4.79 Å². The largest absolute Gasteiger partial charge is 0.398 e. The number of nitrogens with one attached hydrogen (secondary N) is 1. The minimum atomic E-state index is 0.0191. The van der Waals surface area contributed by atoms with Gasteiger partial charge in [-0.1, -0.05) is 18.2 Å². The number of ether oxygens (including phenoxy) is 1. The van der Waals surface area contributed by atoms with Gasteiger partial charge in [0.25, 0.3) is 0 Å². The highest BCUT2D eigenvalue weighted by molar-refractivity contribution is 6.35. The van der Waals surface area contributed by atoms with Gasteiger partial charge in [-0.25, -0.2) is 0 Å². The van der Waals surface area contributed by atoms with Crippen LogP contribution in [0.25, 0.3) is 11.1 Å². The number of hydrogen-bond acceptors (Lipinski definition) is 7. The van der Waals surface area contributed by atoms with Crippen molar-refractivity contribution in [3.63, 3.8) is 0 Å². The molecule has 1 amide bonds. The van der Waals surface area contributed by atoms with E-state index in [1.807, 2.05) is 17.9 Å². The van der Waals surface area contributed by atoms with Gasteiger partial charge in [0.1, 0.15) is 0 Å². The van der Waals surface area contributed by atoms with E-state index in [-0.39, 0.29) is 22.9 Å². The van der Waals surface area contributed by atoms with E-state index in [0.29, 0.717) is 16.3 Å². The molecule has 0 bridgehead atoms. The van der Waals surface area contributed by atoms with Crippen LogP contribution in [0.1, 0.15) is 67.8 Å². The highest BCUT2D eigenvalue weighted by Gasteiger charge is 2.55. The van der Waals surface area contributed by atoms with E-state index in [1.165, 1.54) is 31.6 Å². The molecule has 3 aliphatic heterocycles. The smallest absolute Gasteiger partial charge is 0.245 e. The second-order valence-corrected chi connectivity index (χ2v) is 13.9. The molecule has 0 unspecified atom stereocenters. The number of piperazine rings is 1. The van der Waals surface area contributed by atoms with Crippen molar-refractivity contribution in [1.82, 2.24) is 19.6 Å². The zero-order valence-electron chi connectivity index (χ0n) is 25.9. The standard InChI is InChI=1S/C29H38ClN7O.C4H8O/c1-5-23(38)35-15-28(16-35)12-20(13-28)37-19(3)24(25-21(14-31)22(32)11-18(2)26(25)30)27(33-37)36-10-9-34(4)17-29(36)7-6-8-29;1-2-4-5-3-1/h5,11,14,20,31H,1,6-10,12-13,15-17,32H2,2-4H3;1-4H2. The number of likely N-dealkylation sites (N-methyl/N-ethyl adjacent to an activating group) is 1. The number of nitrogens with two attached hydrogens (primary N) is 1. The molecule has 10 heteroatoms. The summed E-state index contributed by atoms with van der Waals surface area (Å²) in [6.45, 7) is 14.3. The van der Waals surface area contributed by atoms with Crippen LogP contribution in [0.4, 0.5) is 11.5 Å². The zero-order valence-corrected chi connectivity index (χ0v) is 26.7. The predicted molar refractivity (Wildman–Crippen MR) is 173 cm³/mol. The number of nitrogens with zero attached hydrogens (tertiary/aromatic N) is 5. The topological polar surface area (TPSA) is 104 Å². The summed E-state index contributed by atoms with van der Waals surface area (Å²) in [5.41, 5.74) is 11.8. The first-order chi connectivity index (χ1) is 20.6. The molecule has 43 heavy (non-hydrogen) atoms. The van der Waals surface area contributed by atoms with Crippen LogP contribution in [0, 0.1) is 24.7 Å². The quantitative estimate of drug-likeness (QED) is 0.274. The predicted octanol–water partition coefficient (Wildman–Crippen LogP) is 5.22. The lowest BCUT2D eigenvalue weighted by Crippen LogP contribution is -2.65. The first-order valence-electron chi connectivity index (χ1n) is 15.8. The summed E-state index contributed by atoms with van der Waals surface area (Å²) >= 11 is 7.01. The summed E-state index contributed by atoms with van der Waals surface area (Å²) in [5, 5.41) is 14.2. The van der Waals surface area contributed by atoms with Crippen LogP contribution in [0.15, 0.2) is 18.7 Å². The molecule has 2 saturated carbocycles. The van der Waals surface area contributed by atoms with E-state index < -0.39 is 0 Å². The van der Waals surface area contributed by atoms with Crippen molar-refractivity contribution in [1.29, 1.82) is 5.41 Å². The monoisotopic (exact) mass is 607 g/mol. The molecule has 3 saturated heterocycles. The van der Waals surface area contributed by atoms with Crippen LogP contribution >= 0.6 is 11.6 Å². The number of carbonyl (C=O) groups excluding carboxylic acids is 1. The lowest BCUT2D eigenvalue weighted by molar-refractivity contribution is -0.149. The summed E-state index contributed by atoms with van der Waals surface area (Å²) in [5.74, 6) is 0.994. The van der Waals surface area contributed by atoms with E-state index in [4.69, 9.17) is 32.6 Å². The Morgan fingerprint density at radius 3 is 2.40 bits per heavy atom. The summed E-state index contributed by atoms with van der Waals surface area (Å²) in [6, 6.07) is 2.13. The summed E-state index contributed by atoms with van der Waals surface area (Å²) in [7, 11) is 2.21. The lowest BCUT2D eigenvalue weighted by atomic mass is 9.60. The van der Waals surface area contributed by atoms with Crippen molar-refractivity contribution in [2.75, 3.05) is 63.6 Å². The van der Waals surface area contributed by atoms with Gasteiger partial charge >= 0.3 is 0 Å². The molecule has 0 radical (unpaired) electrons. The molecule has 2 spiro atoms. The average Bonchev–Trinajstić information content (AvgIpc) is 3.61. The van der Waals surface area contributed by atoms with Crippen LogP contribution in [0.5, 0.6) is 0 Å². The minimum Gasteiger partial charge on any atom is -0.398 e. The van der Waals surface area contributed by atoms with Gasteiger partial charge in [-0.05, 0) is 83.5 Å². The molecular weight excluding hydrogens is 562 g/mol. The number of rotatable bonds is 5. The van der Waals surface area contributed by atoms with Crippen LogP contribution in [-0.2, 0) is 9.53 Å². The number of aryl methyl sites for hydroxylation is 1. The molecule has 3 N–H and O–H groups in total. The van der Waals surface area contributed by atoms with Crippen LogP contribution < -0.4 is 10.6 Å². The molecule has 5 aliphatic rings. The van der Waals surface area contributed by atoms with Gasteiger partial charge in [0.2, 0.25) is 5.91 Å². The number of benzene rings is 1. The van der Waals surface area contributed by atoms with E-state index in [2.05, 4.69) is 35.0 Å². The van der Waals surface area contributed by atoms with Crippen molar-refractivity contribution >= 4 is 35.2 Å². The van der Waals surface area contributed by atoms with E-state index in [0.717, 1.165) is 99.8 Å². The average molecular weight is 608 g/mol. The van der Waals surface area contributed by atoms with Crippen LogP contribution in [0.3, 0.4) is 0 Å². The molecular formula is C33H46ClN7O2. The van der Waals surface area contributed by atoms with Crippen molar-refractivity contribution in [2.45, 2.75) is 70.4 Å². The maximum Gasteiger partial charge on any atom is 0.245 e. The second kappa shape index (κ2) is 11.6. The van der Waals surface area contributed by atoms with Crippen molar-refractivity contribution in [3.8, 4) is 11.1 Å². The number of nitrogen functional groups attached to an aromatic ring is 1. The lowest BCUT2D eigenvalue weighted by Gasteiger charge is -2.58. The van der Waals surface area contributed by atoms with Crippen molar-refractivity contribution in [3.05, 3.63) is 40.6 Å². The third-order valence-electron chi connectivity index (χ3n) is 10.5. The summed E-state index contributed by atoms with van der Waals surface area (Å²) in [4.78, 5) is 18.9. The van der Waals surface area contributed by atoms with Gasteiger partial charge in [0, 0.05) is 85.6 Å². The molecule has 9 nitrogen and oxygen atoms in total. The van der Waals surface area contributed by atoms with Gasteiger partial charge in [0.05, 0.1) is 16.6 Å². The van der Waals surface area contributed by atoms with E-state index >= 15 is 0 Å². The number of carbonyl (C=O) groups is 1. The summed E-state index contributed by atoms with van der Waals surface area (Å²) in [6.07, 6.45) is 10.8. The fraction of sp³-hybridized carbons (Fsp3) is 0.606. The number of likely N-dealkylation sites (tertiary alicyclic amines) is 1. The van der Waals surface area contributed by atoms with Crippen molar-refractivity contribution < 1.29 is 9.53 Å². The molecule has 2 aliphatic carbocycles. The Labute approximate surface area is 260 Å². The SMILES string of the molecule is C1CCOC1.C=CC(=O)N1CC2(CC(n3nc(N4CCN(C)CC45CCC5)c(-c4c(Cl)c(C)cc(N)c4C=N)c3C)C2)C1. The number of anilines is 2. The third-order valence-corrected chi connectivity index (χ3v) is 11.0. The highest BCUT2D eigenvalue weighted by atomic mass is 35.5. The maximum atomic E-state index is 12.0. The first kappa shape index (κ1) is 30.2. The Bertz CT molecular complexity index is 1410. The number of amides is 1. The third kappa shape index (κ3) is 5.17. The molecule has 2 aromatic rings. The number of aromatic nitrogens is 2. The van der Waals surface area contributed by atoms with Crippen molar-refractivity contribution in [2.24, 2.45) is 5.41 Å². The van der Waals surface area contributed by atoms with Crippen LogP contribution in [-0.4, -0.2) is 90.2 Å². The van der Waals surface area contributed by atoms with E-state index in [1.54, 1.807) is 0 Å². The first-order valence-corrected chi connectivity index (χ1v) is 16.1. The maximum absolute atomic E-state index is 12.0. The molecule has 4 heterocycles. The Hall–Kier alpha value is -2.88. The normalized spacial score (nSPS) is 22.4. The molecule has 232 valence electrons. The minimum absolute atomic E-state index is 0.0191. The molecule has 0 atom stereocenters. The van der Waals surface area contributed by atoms with Gasteiger partial charge in [0.15, 0.2) is 5.82 Å². The number of halogens is 1. The number of hydrogen-bond donors (Lipinski definition) is 2. The Kier molecular flexibility index (Phi) is 8.11. The molecule has 1 aromatic carbocycles. The Morgan fingerprint density at radius 1 is 1.14 bits per heavy atom. The fourth-order valence-electron chi connectivity index (χ4n) is 8.02. The fourth-order valence-corrected chi connectivity index (χ4v) is 8.27. The van der Waals surface area contributed by atoms with Gasteiger partial charge < -0.3 is 30.6 Å².